The minimum absolute atomic E-state index is 0.0875. The summed E-state index contributed by atoms with van der Waals surface area (Å²) in [6, 6.07) is 6.36. The molecule has 7 heteroatoms. The van der Waals surface area contributed by atoms with Crippen LogP contribution >= 0.6 is 0 Å². The van der Waals surface area contributed by atoms with Crippen LogP contribution in [0.15, 0.2) is 30.5 Å². The smallest absolute Gasteiger partial charge is 0.102 e. The maximum atomic E-state index is 12.3. The van der Waals surface area contributed by atoms with E-state index >= 15 is 0 Å². The third-order valence-electron chi connectivity index (χ3n) is 11.0. The Morgan fingerprint density at radius 3 is 2.71 bits per heavy atom. The highest BCUT2D eigenvalue weighted by Gasteiger charge is 2.76. The number of ether oxygens (including phenoxy) is 1. The third-order valence-corrected chi connectivity index (χ3v) is 11.0. The van der Waals surface area contributed by atoms with Crippen LogP contribution in [0.3, 0.4) is 0 Å². The lowest BCUT2D eigenvalue weighted by Gasteiger charge is -2.65. The minimum Gasteiger partial charge on any atom is -0.390 e. The van der Waals surface area contributed by atoms with Crippen molar-refractivity contribution in [2.75, 3.05) is 14.1 Å². The summed E-state index contributed by atoms with van der Waals surface area (Å²) < 4.78 is 7.21. The van der Waals surface area contributed by atoms with Crippen LogP contribution in [0.1, 0.15) is 57.4 Å². The van der Waals surface area contributed by atoms with Crippen LogP contribution in [-0.4, -0.2) is 79.6 Å². The Hall–Kier alpha value is -1.77. The van der Waals surface area contributed by atoms with Gasteiger partial charge in [-0.2, -0.15) is 5.10 Å². The van der Waals surface area contributed by atoms with Crippen molar-refractivity contribution in [2.45, 2.75) is 86.9 Å². The molecular formula is C28H37N3O4. The summed E-state index contributed by atoms with van der Waals surface area (Å²) in [5.74, 6) is -0.0538. The van der Waals surface area contributed by atoms with Crippen molar-refractivity contribution in [2.24, 2.45) is 17.3 Å². The van der Waals surface area contributed by atoms with Crippen LogP contribution in [0.4, 0.5) is 0 Å². The van der Waals surface area contributed by atoms with E-state index in [1.54, 1.807) is 0 Å². The van der Waals surface area contributed by atoms with Crippen molar-refractivity contribution in [1.82, 2.24) is 15.1 Å². The average Bonchev–Trinajstić information content (AvgIpc) is 3.52. The second-order valence-corrected chi connectivity index (χ2v) is 12.6. The fraction of sp³-hybridized carbons (Fsp3) is 0.679. The molecule has 4 N–H and O–H groups in total. The molecular weight excluding hydrogens is 442 g/mol. The van der Waals surface area contributed by atoms with Gasteiger partial charge in [0.2, 0.25) is 0 Å². The fourth-order valence-corrected chi connectivity index (χ4v) is 9.17. The molecule has 35 heavy (non-hydrogen) atoms. The molecule has 2 saturated carbocycles. The van der Waals surface area contributed by atoms with Crippen LogP contribution in [-0.2, 0) is 4.74 Å². The van der Waals surface area contributed by atoms with E-state index in [0.29, 0.717) is 19.3 Å². The summed E-state index contributed by atoms with van der Waals surface area (Å²) in [6.45, 7) is 2.37. The molecule has 1 aromatic carbocycles. The number of hydrogen-bond donors (Lipinski definition) is 4. The molecule has 188 valence electrons. The Morgan fingerprint density at radius 1 is 1.09 bits per heavy atom. The molecule has 2 spiro atoms. The summed E-state index contributed by atoms with van der Waals surface area (Å²) in [7, 11) is 3.92. The normalized spacial score (nSPS) is 48.5. The topological polar surface area (TPSA) is 102 Å². The van der Waals surface area contributed by atoms with Crippen molar-refractivity contribution in [1.29, 1.82) is 0 Å². The van der Waals surface area contributed by atoms with Crippen LogP contribution < -0.4 is 0 Å². The first kappa shape index (κ1) is 22.4. The summed E-state index contributed by atoms with van der Waals surface area (Å²) in [5.41, 5.74) is 1.46. The highest BCUT2D eigenvalue weighted by molar-refractivity contribution is 5.84. The molecule has 3 heterocycles. The second-order valence-electron chi connectivity index (χ2n) is 12.6. The zero-order valence-electron chi connectivity index (χ0n) is 20.9. The third kappa shape index (κ3) is 2.66. The minimum atomic E-state index is -0.981. The molecule has 2 aliphatic heterocycles. The van der Waals surface area contributed by atoms with Crippen molar-refractivity contribution >= 4 is 16.5 Å². The average molecular weight is 480 g/mol. The quantitative estimate of drug-likeness (QED) is 0.528. The fourth-order valence-electron chi connectivity index (χ4n) is 9.17. The monoisotopic (exact) mass is 479 g/mol. The standard InChI is InChI=1S/C28H37N3O4/c1-25-8-10-27(34)13-19-23(32)24(33)21(31(2)3)14-26(19)9-11-28(27,35-26)22(25)7-5-18(25)16-4-6-20-17(12-16)15-29-30-20/h4-6,12,15,19,21-24,32-34H,7-11,13-14H2,1-3H3,(H,29,30). The number of aliphatic hydroxyl groups excluding tert-OH is 2. The van der Waals surface area contributed by atoms with E-state index in [9.17, 15) is 15.3 Å². The molecule has 2 aromatic rings. The molecule has 1 aromatic heterocycles. The molecule has 2 bridgehead atoms. The zero-order valence-corrected chi connectivity index (χ0v) is 20.9. The Kier molecular flexibility index (Phi) is 4.46. The molecule has 9 unspecified atom stereocenters. The molecule has 9 atom stereocenters. The molecule has 0 amide bonds. The van der Waals surface area contributed by atoms with Gasteiger partial charge in [-0.15, -0.1) is 0 Å². The molecule has 2 saturated heterocycles. The number of aromatic nitrogens is 2. The van der Waals surface area contributed by atoms with E-state index in [1.807, 2.05) is 25.2 Å². The summed E-state index contributed by atoms with van der Waals surface area (Å²) in [6.07, 6.45) is 7.82. The van der Waals surface area contributed by atoms with E-state index < -0.39 is 29.0 Å². The van der Waals surface area contributed by atoms with Gasteiger partial charge in [0.05, 0.1) is 35.1 Å². The highest BCUT2D eigenvalue weighted by Crippen LogP contribution is 2.71. The number of nitrogens with zero attached hydrogens (tertiary/aromatic N) is 2. The van der Waals surface area contributed by atoms with Crippen molar-refractivity contribution in [3.05, 3.63) is 36.0 Å². The van der Waals surface area contributed by atoms with E-state index in [2.05, 4.69) is 41.4 Å². The van der Waals surface area contributed by atoms with Gasteiger partial charge in [0.1, 0.15) is 5.60 Å². The lowest BCUT2D eigenvalue weighted by atomic mass is 9.51. The van der Waals surface area contributed by atoms with Gasteiger partial charge in [-0.3, -0.25) is 5.10 Å². The number of fused-ring (bicyclic) bond motifs is 2. The molecule has 7 rings (SSSR count). The number of rotatable bonds is 2. The predicted molar refractivity (Wildman–Crippen MR) is 132 cm³/mol. The number of hydrogen-bond acceptors (Lipinski definition) is 6. The van der Waals surface area contributed by atoms with E-state index in [4.69, 9.17) is 4.74 Å². The number of nitrogens with one attached hydrogen (secondary N) is 1. The molecule has 5 aliphatic rings. The molecule has 7 nitrogen and oxygen atoms in total. The number of allylic oxidation sites excluding steroid dienone is 2. The number of H-pyrrole nitrogens is 1. The summed E-state index contributed by atoms with van der Waals surface area (Å²) in [4.78, 5) is 2.01. The van der Waals surface area contributed by atoms with Gasteiger partial charge in [-0.25, -0.2) is 0 Å². The number of likely N-dealkylation sites (N-methyl/N-ethyl adjacent to an activating group) is 1. The lowest BCUT2D eigenvalue weighted by molar-refractivity contribution is -0.331. The molecule has 3 aliphatic carbocycles. The lowest BCUT2D eigenvalue weighted by Crippen LogP contribution is -2.73. The Balaban J connectivity index is 1.28. The Bertz CT molecular complexity index is 1230. The number of benzene rings is 1. The van der Waals surface area contributed by atoms with Crippen molar-refractivity contribution < 1.29 is 20.1 Å². The van der Waals surface area contributed by atoms with Gasteiger partial charge in [-0.1, -0.05) is 19.1 Å². The Labute approximate surface area is 206 Å². The summed E-state index contributed by atoms with van der Waals surface area (Å²) >= 11 is 0. The predicted octanol–water partition coefficient (Wildman–Crippen LogP) is 2.86. The SMILES string of the molecule is CN(C)C1CC23CCC4(O2)C2CC=C(c5ccc6[nH]ncc6c5)C2(C)CCC4(O)CC3C(O)C1O. The van der Waals surface area contributed by atoms with Gasteiger partial charge in [-0.05, 0) is 87.7 Å². The van der Waals surface area contributed by atoms with Gasteiger partial charge < -0.3 is 25.0 Å². The van der Waals surface area contributed by atoms with E-state index in [1.165, 1.54) is 11.1 Å². The second kappa shape index (κ2) is 6.95. The first-order valence-electron chi connectivity index (χ1n) is 13.2. The van der Waals surface area contributed by atoms with Crippen molar-refractivity contribution in [3.8, 4) is 0 Å². The maximum Gasteiger partial charge on any atom is 0.102 e. The maximum absolute atomic E-state index is 12.3. The van der Waals surface area contributed by atoms with Gasteiger partial charge in [0.25, 0.3) is 0 Å². The number of aliphatic hydroxyl groups is 3. The Morgan fingerprint density at radius 2 is 1.91 bits per heavy atom. The van der Waals surface area contributed by atoms with Crippen molar-refractivity contribution in [3.63, 3.8) is 0 Å². The largest absolute Gasteiger partial charge is 0.390 e. The van der Waals surface area contributed by atoms with Crippen LogP contribution in [0, 0.1) is 17.3 Å². The first-order valence-corrected chi connectivity index (χ1v) is 13.2. The first-order chi connectivity index (χ1) is 16.6. The van der Waals surface area contributed by atoms with Crippen LogP contribution in [0.2, 0.25) is 0 Å². The van der Waals surface area contributed by atoms with E-state index in [0.717, 1.165) is 36.6 Å². The van der Waals surface area contributed by atoms with E-state index in [-0.39, 0.29) is 23.3 Å². The molecule has 0 radical (unpaired) electrons. The summed E-state index contributed by atoms with van der Waals surface area (Å²) in [5, 5.41) is 42.7. The number of aromatic amines is 1. The van der Waals surface area contributed by atoms with Gasteiger partial charge in [0, 0.05) is 23.3 Å². The van der Waals surface area contributed by atoms with Crippen LogP contribution in [0.25, 0.3) is 16.5 Å². The highest BCUT2D eigenvalue weighted by atomic mass is 16.6. The van der Waals surface area contributed by atoms with Gasteiger partial charge in [0.15, 0.2) is 0 Å². The van der Waals surface area contributed by atoms with Crippen LogP contribution in [0.5, 0.6) is 0 Å². The zero-order chi connectivity index (χ0) is 24.4. The van der Waals surface area contributed by atoms with Gasteiger partial charge >= 0.3 is 0 Å². The molecule has 4 fully saturated rings.